The van der Waals surface area contributed by atoms with Gasteiger partial charge < -0.3 is 29.9 Å². The lowest BCUT2D eigenvalue weighted by Gasteiger charge is -2.58. The first-order valence-corrected chi connectivity index (χ1v) is 25.2. The summed E-state index contributed by atoms with van der Waals surface area (Å²) in [5, 5.41) is 26.2. The number of nitrogens with zero attached hydrogens (tertiary/aromatic N) is 6. The van der Waals surface area contributed by atoms with E-state index in [1.807, 2.05) is 11.0 Å². The summed E-state index contributed by atoms with van der Waals surface area (Å²) in [6.45, 7) is 12.1. The summed E-state index contributed by atoms with van der Waals surface area (Å²) in [6.07, 6.45) is 11.1. The Balaban J connectivity index is 0.901. The first-order valence-electron chi connectivity index (χ1n) is 23.7. The molecule has 2 amide bonds. The molecule has 1 atom stereocenters. The number of amides is 2. The van der Waals surface area contributed by atoms with E-state index in [-0.39, 0.29) is 40.4 Å². The molecule has 2 saturated heterocycles. The van der Waals surface area contributed by atoms with E-state index in [2.05, 4.69) is 72.9 Å². The van der Waals surface area contributed by atoms with Crippen LogP contribution in [0.4, 0.5) is 17.2 Å². The van der Waals surface area contributed by atoms with E-state index >= 15 is 0 Å². The van der Waals surface area contributed by atoms with Gasteiger partial charge in [-0.25, -0.2) is 23.1 Å². The van der Waals surface area contributed by atoms with Crippen LogP contribution in [0.25, 0.3) is 11.0 Å². The number of nitrogens with one attached hydrogen (secondary N) is 3. The lowest BCUT2D eigenvalue weighted by Crippen LogP contribution is -2.60. The number of piperazine rings is 1. The summed E-state index contributed by atoms with van der Waals surface area (Å²) in [4.78, 5) is 56.0. The largest absolute Gasteiger partial charge is 0.455 e. The van der Waals surface area contributed by atoms with Crippen molar-refractivity contribution in [3.8, 4) is 11.5 Å². The normalized spacial score (nSPS) is 22.3. The first-order chi connectivity index (χ1) is 32.5. The second kappa shape index (κ2) is 18.8. The molecule has 3 aromatic heterocycles. The molecule has 0 radical (unpaired) electrons. The molecule has 2 aliphatic carbocycles. The van der Waals surface area contributed by atoms with Crippen molar-refractivity contribution in [1.82, 2.24) is 29.5 Å². The number of benzene rings is 2. The first kappa shape index (κ1) is 47.0. The van der Waals surface area contributed by atoms with Crippen LogP contribution in [0.3, 0.4) is 0 Å². The molecule has 4 N–H and O–H groups in total. The average molecular weight is 948 g/mol. The van der Waals surface area contributed by atoms with Gasteiger partial charge >= 0.3 is 5.69 Å². The van der Waals surface area contributed by atoms with Crippen LogP contribution in [0.15, 0.2) is 84.1 Å². The van der Waals surface area contributed by atoms with Crippen molar-refractivity contribution in [3.63, 3.8) is 0 Å². The highest BCUT2D eigenvalue weighted by Gasteiger charge is 2.50. The molecular formula is C50H61N9O8S. The SMILES string of the molecule is CC(=O)N1CCN(C2CC3(CCN(c4ccc(C(=O)NS(=O)(=O)c5cnc(NCC6CCC(C)(O)CC6)c([N+](=O)[O-])c5)c(Oc5cnc6[nH]ccc6c5)c4)CC3)C2)[C@@H](c2ccccc2C(C)C)C1. The number of aromatic amines is 1. The molecule has 4 aliphatic rings. The summed E-state index contributed by atoms with van der Waals surface area (Å²) in [5.74, 6) is 0.0160. The van der Waals surface area contributed by atoms with Gasteiger partial charge in [0.25, 0.3) is 15.9 Å². The third-order valence-corrected chi connectivity index (χ3v) is 16.3. The van der Waals surface area contributed by atoms with Crippen LogP contribution in [0.5, 0.6) is 11.5 Å². The van der Waals surface area contributed by atoms with Gasteiger partial charge in [0.2, 0.25) is 11.7 Å². The Morgan fingerprint density at radius 3 is 2.46 bits per heavy atom. The van der Waals surface area contributed by atoms with E-state index in [9.17, 15) is 33.2 Å². The van der Waals surface area contributed by atoms with Gasteiger partial charge in [0.05, 0.1) is 34.5 Å². The molecule has 5 heterocycles. The van der Waals surface area contributed by atoms with Crippen molar-refractivity contribution >= 4 is 50.1 Å². The number of aliphatic hydroxyl groups is 1. The summed E-state index contributed by atoms with van der Waals surface area (Å²) in [6, 6.07) is 18.8. The van der Waals surface area contributed by atoms with Crippen molar-refractivity contribution in [3.05, 3.63) is 106 Å². The maximum Gasteiger partial charge on any atom is 0.312 e. The Hall–Kier alpha value is -6.11. The third-order valence-electron chi connectivity index (χ3n) is 15.0. The summed E-state index contributed by atoms with van der Waals surface area (Å²) in [5.41, 5.74) is 2.96. The second-order valence-electron chi connectivity index (χ2n) is 20.0. The van der Waals surface area contributed by atoms with Crippen LogP contribution in [-0.2, 0) is 14.8 Å². The number of aromatic nitrogens is 3. The van der Waals surface area contributed by atoms with Gasteiger partial charge in [-0.3, -0.25) is 24.6 Å². The number of piperidine rings is 1. The number of nitro groups is 1. The number of hydrogen-bond donors (Lipinski definition) is 4. The van der Waals surface area contributed by atoms with E-state index in [1.165, 1.54) is 23.4 Å². The number of carbonyl (C=O) groups excluding carboxylic acids is 2. The van der Waals surface area contributed by atoms with Crippen LogP contribution in [0.2, 0.25) is 0 Å². The van der Waals surface area contributed by atoms with Crippen molar-refractivity contribution < 1.29 is 32.8 Å². The number of H-pyrrole nitrogens is 1. The number of rotatable bonds is 13. The number of hydrogen-bond acceptors (Lipinski definition) is 13. The van der Waals surface area contributed by atoms with Gasteiger partial charge in [-0.2, -0.15) is 0 Å². The molecule has 0 bridgehead atoms. The highest BCUT2D eigenvalue weighted by molar-refractivity contribution is 7.90. The zero-order valence-corrected chi connectivity index (χ0v) is 39.9. The lowest BCUT2D eigenvalue weighted by atomic mass is 9.59. The Morgan fingerprint density at radius 2 is 1.74 bits per heavy atom. The van der Waals surface area contributed by atoms with Gasteiger partial charge in [0.1, 0.15) is 22.0 Å². The van der Waals surface area contributed by atoms with Crippen LogP contribution in [0.1, 0.15) is 113 Å². The van der Waals surface area contributed by atoms with Gasteiger partial charge in [0.15, 0.2) is 0 Å². The number of sulfonamides is 1. The Kier molecular flexibility index (Phi) is 13.0. The summed E-state index contributed by atoms with van der Waals surface area (Å²) < 4.78 is 35.9. The quantitative estimate of drug-likeness (QED) is 0.0653. The zero-order chi connectivity index (χ0) is 48.0. The number of fused-ring (bicyclic) bond motifs is 1. The summed E-state index contributed by atoms with van der Waals surface area (Å²) >= 11 is 0. The molecule has 1 spiro atoms. The predicted octanol–water partition coefficient (Wildman–Crippen LogP) is 7.91. The molecular weight excluding hydrogens is 887 g/mol. The lowest BCUT2D eigenvalue weighted by molar-refractivity contribution is -0.384. The standard InChI is InChI=1S/C50H61N9O8S/c1-32(2)40-7-5-6-8-41(40)44-31-57(33(3)60)21-22-58(44)37-26-50(27-37)16-19-56(20-17-50)36-9-10-42(45(24-36)67-38-23-35-13-18-51-46(35)53-29-38)48(61)55-68(65,66)39-25-43(59(63)64)47(54-30-39)52-28-34-11-14-49(4,62)15-12-34/h5-10,13,18,23-25,29-30,32,34,37,44,62H,11-12,14-17,19-22,26-28,31H2,1-4H3,(H,51,53)(H,52,54)(H,55,61)/t34?,44-,49?/m1/s1. The molecule has 5 aromatic rings. The molecule has 18 heteroatoms. The smallest absolute Gasteiger partial charge is 0.312 e. The fourth-order valence-electron chi connectivity index (χ4n) is 10.9. The summed E-state index contributed by atoms with van der Waals surface area (Å²) in [7, 11) is -4.65. The molecule has 68 heavy (non-hydrogen) atoms. The maximum atomic E-state index is 14.0. The molecule has 2 aromatic carbocycles. The molecule has 0 unspecified atom stereocenters. The van der Waals surface area contributed by atoms with Crippen LogP contribution in [0, 0.1) is 21.4 Å². The van der Waals surface area contributed by atoms with Crippen molar-refractivity contribution in [2.24, 2.45) is 11.3 Å². The van der Waals surface area contributed by atoms with Crippen molar-refractivity contribution in [2.75, 3.05) is 49.5 Å². The van der Waals surface area contributed by atoms with Gasteiger partial charge in [-0.15, -0.1) is 0 Å². The maximum absolute atomic E-state index is 14.0. The van der Waals surface area contributed by atoms with Gasteiger partial charge in [-0.1, -0.05) is 38.1 Å². The van der Waals surface area contributed by atoms with E-state index < -0.39 is 37.0 Å². The number of anilines is 2. The van der Waals surface area contributed by atoms with E-state index in [1.54, 1.807) is 38.2 Å². The minimum atomic E-state index is -4.65. The van der Waals surface area contributed by atoms with E-state index in [0.29, 0.717) is 49.3 Å². The highest BCUT2D eigenvalue weighted by atomic mass is 32.2. The fourth-order valence-corrected chi connectivity index (χ4v) is 11.8. The Bertz CT molecular complexity index is 2810. The molecule has 4 fully saturated rings. The van der Waals surface area contributed by atoms with Gasteiger partial charge in [0, 0.05) is 81.6 Å². The Labute approximate surface area is 396 Å². The van der Waals surface area contributed by atoms with Crippen LogP contribution >= 0.6 is 0 Å². The molecule has 360 valence electrons. The molecule has 9 rings (SSSR count). The number of pyridine rings is 2. The molecule has 2 saturated carbocycles. The average Bonchev–Trinajstić information content (AvgIpc) is 3.78. The Morgan fingerprint density at radius 1 is 0.985 bits per heavy atom. The topological polar surface area (TPSA) is 216 Å². The highest BCUT2D eigenvalue weighted by Crippen LogP contribution is 2.53. The number of ether oxygens (including phenoxy) is 1. The monoisotopic (exact) mass is 947 g/mol. The van der Waals surface area contributed by atoms with Crippen LogP contribution in [-0.4, -0.2) is 106 Å². The van der Waals surface area contributed by atoms with Crippen molar-refractivity contribution in [1.29, 1.82) is 0 Å². The second-order valence-corrected chi connectivity index (χ2v) is 21.7. The van der Waals surface area contributed by atoms with Gasteiger partial charge in [-0.05, 0) is 111 Å². The predicted molar refractivity (Wildman–Crippen MR) is 258 cm³/mol. The van der Waals surface area contributed by atoms with Crippen LogP contribution < -0.4 is 19.7 Å². The third kappa shape index (κ3) is 9.89. The minimum absolute atomic E-state index is 0.0625. The fraction of sp³-hybridized carbons (Fsp3) is 0.480. The molecule has 2 aliphatic heterocycles. The molecule has 17 nitrogen and oxygen atoms in total. The minimum Gasteiger partial charge on any atom is -0.455 e. The van der Waals surface area contributed by atoms with E-state index in [0.717, 1.165) is 88.0 Å². The van der Waals surface area contributed by atoms with E-state index in [4.69, 9.17) is 4.74 Å². The number of carbonyl (C=O) groups is 2. The zero-order valence-electron chi connectivity index (χ0n) is 39.1. The van der Waals surface area contributed by atoms with Crippen molar-refractivity contribution in [2.45, 2.75) is 108 Å².